The number of nitrogens with zero attached hydrogens (tertiary/aromatic N) is 5. The zero-order chi connectivity index (χ0) is 19.5. The fourth-order valence-corrected chi connectivity index (χ4v) is 4.29. The number of nitrogens with two attached hydrogens (primary N) is 1. The second kappa shape index (κ2) is 8.00. The Bertz CT molecular complexity index is 989. The van der Waals surface area contributed by atoms with E-state index in [9.17, 15) is 8.42 Å². The molecule has 0 spiro atoms. The fraction of sp³-hybridized carbons (Fsp3) is 0.286. The highest BCUT2D eigenvalue weighted by Crippen LogP contribution is 2.34. The standard InChI is InChI=1S/C14H16ClN7O2S2/c1-8-4-11(26(23,24)18-7-16)10(5-9(8)15)25-6-12-19-13(17)21-14(20-12)22(2)3/h4-5,16H,6H2,1-3H3,(H2,17,19,20,21). The first-order valence-corrected chi connectivity index (χ1v) is 9.94. The lowest BCUT2D eigenvalue weighted by molar-refractivity contribution is 0.596. The van der Waals surface area contributed by atoms with Gasteiger partial charge in [-0.15, -0.1) is 11.8 Å². The fourth-order valence-electron chi connectivity index (χ4n) is 1.89. The SMILES string of the molecule is Cc1cc(S(=O)(=O)N=C=N)c(SCc2nc(N)nc(N(C)C)n2)cc1Cl. The van der Waals surface area contributed by atoms with E-state index in [-0.39, 0.29) is 16.6 Å². The van der Waals surface area contributed by atoms with Gasteiger partial charge in [-0.3, -0.25) is 0 Å². The van der Waals surface area contributed by atoms with Crippen molar-refractivity contribution in [1.29, 1.82) is 5.41 Å². The molecule has 0 aliphatic heterocycles. The highest BCUT2D eigenvalue weighted by molar-refractivity contribution is 7.99. The normalized spacial score (nSPS) is 11.1. The minimum absolute atomic E-state index is 0.0565. The second-order valence-electron chi connectivity index (χ2n) is 5.32. The van der Waals surface area contributed by atoms with Crippen LogP contribution in [0, 0.1) is 12.3 Å². The number of sulfonamides is 1. The van der Waals surface area contributed by atoms with Crippen LogP contribution in [0.15, 0.2) is 26.3 Å². The number of aryl methyl sites for hydroxylation is 1. The summed E-state index contributed by atoms with van der Waals surface area (Å²) in [5.41, 5.74) is 6.27. The van der Waals surface area contributed by atoms with Gasteiger partial charge >= 0.3 is 0 Å². The van der Waals surface area contributed by atoms with Crippen LogP contribution in [0.2, 0.25) is 5.02 Å². The molecule has 0 saturated carbocycles. The zero-order valence-corrected chi connectivity index (χ0v) is 16.6. The van der Waals surface area contributed by atoms with Gasteiger partial charge in [0.1, 0.15) is 16.7 Å². The molecule has 1 aromatic heterocycles. The number of aromatic nitrogens is 3. The van der Waals surface area contributed by atoms with E-state index in [1.807, 2.05) is 0 Å². The Morgan fingerprint density at radius 3 is 2.65 bits per heavy atom. The first-order valence-electron chi connectivity index (χ1n) is 7.13. The Morgan fingerprint density at radius 2 is 2.04 bits per heavy atom. The Balaban J connectivity index is 2.41. The number of hydrogen-bond acceptors (Lipinski definition) is 9. The Morgan fingerprint density at radius 1 is 1.35 bits per heavy atom. The quantitative estimate of drug-likeness (QED) is 0.542. The molecule has 1 heterocycles. The molecule has 0 radical (unpaired) electrons. The molecule has 9 nitrogen and oxygen atoms in total. The zero-order valence-electron chi connectivity index (χ0n) is 14.2. The van der Waals surface area contributed by atoms with Crippen LogP contribution in [0.25, 0.3) is 0 Å². The molecule has 138 valence electrons. The molecule has 1 aromatic carbocycles. The minimum atomic E-state index is -4.05. The number of thioether (sulfide) groups is 1. The molecule has 0 unspecified atom stereocenters. The van der Waals surface area contributed by atoms with E-state index in [0.717, 1.165) is 0 Å². The molecule has 0 bridgehead atoms. The van der Waals surface area contributed by atoms with E-state index in [0.29, 0.717) is 27.3 Å². The summed E-state index contributed by atoms with van der Waals surface area (Å²) in [5.74, 6) is 1.10. The van der Waals surface area contributed by atoms with Gasteiger partial charge in [0.05, 0.1) is 5.75 Å². The van der Waals surface area contributed by atoms with E-state index in [2.05, 4.69) is 19.3 Å². The number of halogens is 1. The molecule has 0 saturated heterocycles. The van der Waals surface area contributed by atoms with Crippen molar-refractivity contribution >= 4 is 51.3 Å². The van der Waals surface area contributed by atoms with Crippen LogP contribution in [0.5, 0.6) is 0 Å². The van der Waals surface area contributed by atoms with Gasteiger partial charge in [-0.25, -0.2) is 5.41 Å². The number of anilines is 2. The summed E-state index contributed by atoms with van der Waals surface area (Å²) in [7, 11) is -0.515. The molecule has 0 atom stereocenters. The summed E-state index contributed by atoms with van der Waals surface area (Å²) >= 11 is 7.29. The highest BCUT2D eigenvalue weighted by atomic mass is 35.5. The summed E-state index contributed by atoms with van der Waals surface area (Å²) in [4.78, 5) is 14.3. The number of rotatable bonds is 6. The van der Waals surface area contributed by atoms with Crippen LogP contribution in [0.3, 0.4) is 0 Å². The molecule has 0 amide bonds. The summed E-state index contributed by atoms with van der Waals surface area (Å²) in [6.07, 6.45) is 0. The molecule has 26 heavy (non-hydrogen) atoms. The van der Waals surface area contributed by atoms with Gasteiger partial charge in [-0.05, 0) is 24.6 Å². The van der Waals surface area contributed by atoms with Crippen LogP contribution in [0.1, 0.15) is 11.4 Å². The van der Waals surface area contributed by atoms with E-state index in [1.54, 1.807) is 31.9 Å². The number of hydrogen-bond donors (Lipinski definition) is 2. The summed E-state index contributed by atoms with van der Waals surface area (Å²) in [6.45, 7) is 1.68. The van der Waals surface area contributed by atoms with Crippen LogP contribution in [0.4, 0.5) is 11.9 Å². The maximum absolute atomic E-state index is 12.3. The summed E-state index contributed by atoms with van der Waals surface area (Å²) in [5, 5.41) is 7.24. The molecule has 0 aliphatic carbocycles. The number of nitrogens with one attached hydrogen (secondary N) is 1. The van der Waals surface area contributed by atoms with Gasteiger partial charge < -0.3 is 10.6 Å². The Labute approximate surface area is 160 Å². The van der Waals surface area contributed by atoms with Crippen molar-refractivity contribution in [3.05, 3.63) is 28.5 Å². The van der Waals surface area contributed by atoms with Gasteiger partial charge in [0, 0.05) is 24.0 Å². The maximum atomic E-state index is 12.3. The largest absolute Gasteiger partial charge is 0.368 e. The van der Waals surface area contributed by atoms with Crippen molar-refractivity contribution in [1.82, 2.24) is 15.0 Å². The lowest BCUT2D eigenvalue weighted by Gasteiger charge is -2.12. The predicted octanol–water partition coefficient (Wildman–Crippen LogP) is 2.22. The number of benzene rings is 1. The lowest BCUT2D eigenvalue weighted by atomic mass is 10.2. The van der Waals surface area contributed by atoms with Crippen LogP contribution >= 0.6 is 23.4 Å². The first-order chi connectivity index (χ1) is 12.1. The summed E-state index contributed by atoms with van der Waals surface area (Å²) in [6, 6.07) is 4.50. The van der Waals surface area contributed by atoms with Gasteiger partial charge in [-0.2, -0.15) is 23.4 Å². The monoisotopic (exact) mass is 413 g/mol. The third-order valence-corrected chi connectivity index (χ3v) is 5.93. The molecular weight excluding hydrogens is 398 g/mol. The van der Waals surface area contributed by atoms with Crippen molar-refractivity contribution in [2.45, 2.75) is 22.5 Å². The van der Waals surface area contributed by atoms with E-state index < -0.39 is 10.0 Å². The Kier molecular flexibility index (Phi) is 6.19. The van der Waals surface area contributed by atoms with Gasteiger partial charge in [-0.1, -0.05) is 16.0 Å². The van der Waals surface area contributed by atoms with Gasteiger partial charge in [0.2, 0.25) is 11.9 Å². The third kappa shape index (κ3) is 4.70. The van der Waals surface area contributed by atoms with Crippen LogP contribution in [-0.2, 0) is 15.8 Å². The molecule has 0 fully saturated rings. The number of nitrogen functional groups attached to an aromatic ring is 1. The van der Waals surface area contributed by atoms with Crippen molar-refractivity contribution in [2.24, 2.45) is 4.40 Å². The summed E-state index contributed by atoms with van der Waals surface area (Å²) < 4.78 is 27.6. The average molecular weight is 414 g/mol. The van der Waals surface area contributed by atoms with Crippen molar-refractivity contribution in [3.8, 4) is 0 Å². The Hall–Kier alpha value is -2.20. The molecular formula is C14H16ClN7O2S2. The smallest absolute Gasteiger partial charge is 0.292 e. The molecule has 3 N–H and O–H groups in total. The second-order valence-corrected chi connectivity index (χ2v) is 8.32. The van der Waals surface area contributed by atoms with Crippen molar-refractivity contribution in [3.63, 3.8) is 0 Å². The predicted molar refractivity (Wildman–Crippen MR) is 102 cm³/mol. The molecule has 2 rings (SSSR count). The van der Waals surface area contributed by atoms with Crippen LogP contribution in [-0.4, -0.2) is 43.5 Å². The van der Waals surface area contributed by atoms with E-state index >= 15 is 0 Å². The third-order valence-electron chi connectivity index (χ3n) is 3.11. The molecule has 12 heteroatoms. The van der Waals surface area contributed by atoms with Crippen LogP contribution < -0.4 is 10.6 Å². The van der Waals surface area contributed by atoms with E-state index in [1.165, 1.54) is 23.9 Å². The minimum Gasteiger partial charge on any atom is -0.368 e. The topological polar surface area (TPSA) is 138 Å². The lowest BCUT2D eigenvalue weighted by Crippen LogP contribution is -2.16. The molecule has 2 aromatic rings. The van der Waals surface area contributed by atoms with Crippen molar-refractivity contribution in [2.75, 3.05) is 24.7 Å². The van der Waals surface area contributed by atoms with Crippen molar-refractivity contribution < 1.29 is 8.42 Å². The molecule has 0 aliphatic rings. The maximum Gasteiger partial charge on any atom is 0.292 e. The van der Waals surface area contributed by atoms with Gasteiger partial charge in [0.25, 0.3) is 10.0 Å². The van der Waals surface area contributed by atoms with Gasteiger partial charge in [0.15, 0.2) is 0 Å². The first kappa shape index (κ1) is 20.1. The average Bonchev–Trinajstić information content (AvgIpc) is 2.54. The van der Waals surface area contributed by atoms with E-state index in [4.69, 9.17) is 22.7 Å². The highest BCUT2D eigenvalue weighted by Gasteiger charge is 2.20.